The molecule has 2 saturated heterocycles. The highest BCUT2D eigenvalue weighted by molar-refractivity contribution is 5.94. The third kappa shape index (κ3) is 4.62. The number of hydrogen-bond acceptors (Lipinski definition) is 3. The van der Waals surface area contributed by atoms with Gasteiger partial charge in [0, 0.05) is 37.8 Å². The molecule has 0 spiro atoms. The van der Waals surface area contributed by atoms with Gasteiger partial charge in [0.15, 0.2) is 0 Å². The molecule has 1 unspecified atom stereocenters. The summed E-state index contributed by atoms with van der Waals surface area (Å²) in [6.45, 7) is 6.15. The summed E-state index contributed by atoms with van der Waals surface area (Å²) in [5.41, 5.74) is 4.35. The lowest BCUT2D eigenvalue weighted by atomic mass is 9.99. The SMILES string of the molecule is Cc1ccccc1-c1ccc(C(=O)NC2CCN(CC3CCCO3)CC2)cc1. The van der Waals surface area contributed by atoms with Crippen molar-refractivity contribution < 1.29 is 9.53 Å². The molecule has 2 fully saturated rings. The maximum absolute atomic E-state index is 12.6. The third-order valence-electron chi connectivity index (χ3n) is 6.01. The van der Waals surface area contributed by atoms with Gasteiger partial charge in [-0.25, -0.2) is 0 Å². The molecular weight excluding hydrogens is 348 g/mol. The van der Waals surface area contributed by atoms with Crippen molar-refractivity contribution in [3.63, 3.8) is 0 Å². The fourth-order valence-corrected chi connectivity index (χ4v) is 4.30. The Morgan fingerprint density at radius 3 is 2.50 bits per heavy atom. The van der Waals surface area contributed by atoms with E-state index in [1.807, 2.05) is 36.4 Å². The summed E-state index contributed by atoms with van der Waals surface area (Å²) in [7, 11) is 0. The number of carbonyl (C=O) groups excluding carboxylic acids is 1. The van der Waals surface area contributed by atoms with Crippen LogP contribution in [0.25, 0.3) is 11.1 Å². The molecule has 1 N–H and O–H groups in total. The molecule has 0 aliphatic carbocycles. The van der Waals surface area contributed by atoms with E-state index < -0.39 is 0 Å². The summed E-state index contributed by atoms with van der Waals surface area (Å²) < 4.78 is 5.74. The maximum atomic E-state index is 12.6. The molecule has 2 aliphatic rings. The minimum absolute atomic E-state index is 0.0360. The molecule has 2 aliphatic heterocycles. The van der Waals surface area contributed by atoms with Gasteiger partial charge in [-0.3, -0.25) is 4.79 Å². The number of nitrogens with zero attached hydrogens (tertiary/aromatic N) is 1. The van der Waals surface area contributed by atoms with E-state index in [9.17, 15) is 4.79 Å². The van der Waals surface area contributed by atoms with Crippen molar-refractivity contribution in [2.24, 2.45) is 0 Å². The monoisotopic (exact) mass is 378 g/mol. The lowest BCUT2D eigenvalue weighted by molar-refractivity contribution is 0.0613. The first-order chi connectivity index (χ1) is 13.7. The summed E-state index contributed by atoms with van der Waals surface area (Å²) in [5.74, 6) is 0.0360. The molecule has 4 nitrogen and oxygen atoms in total. The molecule has 0 bridgehead atoms. The molecule has 2 aromatic rings. The van der Waals surface area contributed by atoms with Crippen LogP contribution in [0, 0.1) is 6.92 Å². The zero-order chi connectivity index (χ0) is 19.3. The van der Waals surface area contributed by atoms with Gasteiger partial charge in [-0.2, -0.15) is 0 Å². The quantitative estimate of drug-likeness (QED) is 0.854. The van der Waals surface area contributed by atoms with Crippen molar-refractivity contribution in [2.45, 2.75) is 44.8 Å². The number of rotatable bonds is 5. The number of likely N-dealkylation sites (tertiary alicyclic amines) is 1. The predicted octanol–water partition coefficient (Wildman–Crippen LogP) is 4.04. The predicted molar refractivity (Wildman–Crippen MR) is 113 cm³/mol. The zero-order valence-electron chi connectivity index (χ0n) is 16.7. The van der Waals surface area contributed by atoms with Gasteiger partial charge in [0.2, 0.25) is 0 Å². The molecule has 4 heteroatoms. The fourth-order valence-electron chi connectivity index (χ4n) is 4.30. The highest BCUT2D eigenvalue weighted by Crippen LogP contribution is 2.23. The van der Waals surface area contributed by atoms with E-state index in [0.29, 0.717) is 6.10 Å². The second-order valence-electron chi connectivity index (χ2n) is 8.08. The minimum Gasteiger partial charge on any atom is -0.377 e. The van der Waals surface area contributed by atoms with E-state index in [4.69, 9.17) is 4.74 Å². The summed E-state index contributed by atoms with van der Waals surface area (Å²) in [5, 5.41) is 3.22. The van der Waals surface area contributed by atoms with Gasteiger partial charge < -0.3 is 15.0 Å². The standard InChI is InChI=1S/C24H30N2O2/c1-18-5-2-3-7-23(18)19-8-10-20(11-9-19)24(27)25-21-12-14-26(15-13-21)17-22-6-4-16-28-22/h2-3,5,7-11,21-22H,4,6,12-17H2,1H3,(H,25,27). The Kier molecular flexibility index (Phi) is 6.08. The number of ether oxygens (including phenoxy) is 1. The van der Waals surface area contributed by atoms with Gasteiger partial charge in [-0.05, 0) is 61.4 Å². The summed E-state index contributed by atoms with van der Waals surface area (Å²) in [6.07, 6.45) is 4.83. The summed E-state index contributed by atoms with van der Waals surface area (Å²) >= 11 is 0. The molecular formula is C24H30N2O2. The van der Waals surface area contributed by atoms with Crippen LogP contribution in [0.3, 0.4) is 0 Å². The summed E-state index contributed by atoms with van der Waals surface area (Å²) in [4.78, 5) is 15.1. The van der Waals surface area contributed by atoms with Crippen LogP contribution in [0.4, 0.5) is 0 Å². The van der Waals surface area contributed by atoms with Crippen molar-refractivity contribution in [1.29, 1.82) is 0 Å². The van der Waals surface area contributed by atoms with Crippen LogP contribution in [-0.4, -0.2) is 49.2 Å². The van der Waals surface area contributed by atoms with Gasteiger partial charge in [-0.1, -0.05) is 36.4 Å². The van der Waals surface area contributed by atoms with Crippen LogP contribution in [0.15, 0.2) is 48.5 Å². The highest BCUT2D eigenvalue weighted by Gasteiger charge is 2.24. The number of nitrogens with one attached hydrogen (secondary N) is 1. The van der Waals surface area contributed by atoms with E-state index in [0.717, 1.165) is 50.2 Å². The third-order valence-corrected chi connectivity index (χ3v) is 6.01. The van der Waals surface area contributed by atoms with Gasteiger partial charge in [0.1, 0.15) is 0 Å². The Hall–Kier alpha value is -2.17. The van der Waals surface area contributed by atoms with Crippen LogP contribution < -0.4 is 5.32 Å². The van der Waals surface area contributed by atoms with Gasteiger partial charge in [-0.15, -0.1) is 0 Å². The van der Waals surface area contributed by atoms with Gasteiger partial charge >= 0.3 is 0 Å². The van der Waals surface area contributed by atoms with Crippen molar-refractivity contribution >= 4 is 5.91 Å². The van der Waals surface area contributed by atoms with E-state index in [1.165, 1.54) is 24.0 Å². The number of aryl methyl sites for hydroxylation is 1. The lowest BCUT2D eigenvalue weighted by Gasteiger charge is -2.33. The zero-order valence-corrected chi connectivity index (χ0v) is 16.7. The molecule has 0 aromatic heterocycles. The second kappa shape index (κ2) is 8.89. The van der Waals surface area contributed by atoms with Gasteiger partial charge in [0.25, 0.3) is 5.91 Å². The van der Waals surface area contributed by atoms with Crippen LogP contribution in [0.1, 0.15) is 41.6 Å². The lowest BCUT2D eigenvalue weighted by Crippen LogP contribution is -2.46. The fraction of sp³-hybridized carbons (Fsp3) is 0.458. The molecule has 1 amide bonds. The molecule has 1 atom stereocenters. The Morgan fingerprint density at radius 1 is 1.07 bits per heavy atom. The van der Waals surface area contributed by atoms with Crippen molar-refractivity contribution in [2.75, 3.05) is 26.2 Å². The molecule has 0 saturated carbocycles. The first kappa shape index (κ1) is 19.2. The Balaban J connectivity index is 1.29. The topological polar surface area (TPSA) is 41.6 Å². The number of hydrogen-bond donors (Lipinski definition) is 1. The van der Waals surface area contributed by atoms with Crippen molar-refractivity contribution in [1.82, 2.24) is 10.2 Å². The number of carbonyl (C=O) groups is 1. The average Bonchev–Trinajstić information content (AvgIpc) is 3.23. The molecule has 2 heterocycles. The van der Waals surface area contributed by atoms with Gasteiger partial charge in [0.05, 0.1) is 6.10 Å². The maximum Gasteiger partial charge on any atom is 0.251 e. The van der Waals surface area contributed by atoms with E-state index in [2.05, 4.69) is 29.3 Å². The molecule has 28 heavy (non-hydrogen) atoms. The van der Waals surface area contributed by atoms with Crippen LogP contribution >= 0.6 is 0 Å². The van der Waals surface area contributed by atoms with Crippen molar-refractivity contribution in [3.05, 3.63) is 59.7 Å². The molecule has 2 aromatic carbocycles. The van der Waals surface area contributed by atoms with Crippen molar-refractivity contribution in [3.8, 4) is 11.1 Å². The Bertz CT molecular complexity index is 789. The van der Waals surface area contributed by atoms with Crippen LogP contribution in [0.2, 0.25) is 0 Å². The smallest absolute Gasteiger partial charge is 0.251 e. The first-order valence-corrected chi connectivity index (χ1v) is 10.5. The van der Waals surface area contributed by atoms with E-state index in [1.54, 1.807) is 0 Å². The Morgan fingerprint density at radius 2 is 1.82 bits per heavy atom. The minimum atomic E-state index is 0.0360. The summed E-state index contributed by atoms with van der Waals surface area (Å²) in [6, 6.07) is 16.6. The number of benzene rings is 2. The van der Waals surface area contributed by atoms with Crippen LogP contribution in [-0.2, 0) is 4.74 Å². The largest absolute Gasteiger partial charge is 0.377 e. The number of piperidine rings is 1. The normalized spacial score (nSPS) is 21.0. The highest BCUT2D eigenvalue weighted by atomic mass is 16.5. The molecule has 4 rings (SSSR count). The molecule has 148 valence electrons. The Labute approximate surface area is 167 Å². The van der Waals surface area contributed by atoms with E-state index in [-0.39, 0.29) is 11.9 Å². The second-order valence-corrected chi connectivity index (χ2v) is 8.08. The molecule has 0 radical (unpaired) electrons. The average molecular weight is 379 g/mol. The first-order valence-electron chi connectivity index (χ1n) is 10.5. The van der Waals surface area contributed by atoms with E-state index >= 15 is 0 Å². The van der Waals surface area contributed by atoms with Crippen LogP contribution in [0.5, 0.6) is 0 Å². The number of amides is 1.